The predicted octanol–water partition coefficient (Wildman–Crippen LogP) is 2.77. The van der Waals surface area contributed by atoms with Crippen LogP contribution in [0, 0.1) is 0 Å². The minimum atomic E-state index is -0.396. The quantitative estimate of drug-likeness (QED) is 0.457. The second-order valence-corrected chi connectivity index (χ2v) is 4.01. The fourth-order valence-corrected chi connectivity index (χ4v) is 1.39. The van der Waals surface area contributed by atoms with Gasteiger partial charge >= 0.3 is 5.97 Å². The third-order valence-electron chi connectivity index (χ3n) is 2.30. The van der Waals surface area contributed by atoms with E-state index in [2.05, 4.69) is 0 Å². The molecule has 0 unspecified atom stereocenters. The van der Waals surface area contributed by atoms with Crippen molar-refractivity contribution in [3.63, 3.8) is 0 Å². The molecule has 4 nitrogen and oxygen atoms in total. The number of allylic oxidation sites excluding steroid dienone is 1. The van der Waals surface area contributed by atoms with Crippen LogP contribution in [0.4, 0.5) is 0 Å². The third-order valence-corrected chi connectivity index (χ3v) is 2.30. The normalized spacial score (nSPS) is 12.1. The number of hydrogen-bond donors (Lipinski definition) is 0. The summed E-state index contributed by atoms with van der Waals surface area (Å²) in [5.41, 5.74) is 0.482. The Bertz CT molecular complexity index is 424. The Hall–Kier alpha value is -1.81. The van der Waals surface area contributed by atoms with Crippen LogP contribution in [-0.2, 0) is 9.63 Å². The molecule has 0 fully saturated rings. The molecular weight excluding hydrogens is 230 g/mol. The fraction of sp³-hybridized carbons (Fsp3) is 0.357. The molecule has 0 spiro atoms. The van der Waals surface area contributed by atoms with Gasteiger partial charge in [-0.2, -0.15) is 0 Å². The van der Waals surface area contributed by atoms with Gasteiger partial charge in [0.15, 0.2) is 0 Å². The molecule has 0 aliphatic heterocycles. The SMILES string of the molecule is CC/C(Oc1ccccc1)=C(/C)C(=O)ON(C)C. The molecule has 98 valence electrons. The molecule has 1 aromatic rings. The lowest BCUT2D eigenvalue weighted by atomic mass is 10.2. The van der Waals surface area contributed by atoms with Crippen molar-refractivity contribution in [2.45, 2.75) is 20.3 Å². The highest BCUT2D eigenvalue weighted by Crippen LogP contribution is 2.18. The van der Waals surface area contributed by atoms with E-state index >= 15 is 0 Å². The smallest absolute Gasteiger partial charge is 0.356 e. The van der Waals surface area contributed by atoms with Crippen LogP contribution in [0.2, 0.25) is 0 Å². The summed E-state index contributed by atoms with van der Waals surface area (Å²) in [6, 6.07) is 9.38. The first kappa shape index (κ1) is 14.3. The van der Waals surface area contributed by atoms with Crippen LogP contribution >= 0.6 is 0 Å². The molecule has 0 aromatic heterocycles. The summed E-state index contributed by atoms with van der Waals surface area (Å²) < 4.78 is 5.69. The van der Waals surface area contributed by atoms with E-state index in [0.29, 0.717) is 23.5 Å². The van der Waals surface area contributed by atoms with E-state index in [-0.39, 0.29) is 0 Å². The minimum absolute atomic E-state index is 0.396. The lowest BCUT2D eigenvalue weighted by Crippen LogP contribution is -2.20. The lowest BCUT2D eigenvalue weighted by Gasteiger charge is -2.14. The largest absolute Gasteiger partial charge is 0.461 e. The molecule has 0 N–H and O–H groups in total. The number of carbonyl (C=O) groups is 1. The van der Waals surface area contributed by atoms with Crippen LogP contribution in [-0.4, -0.2) is 25.1 Å². The van der Waals surface area contributed by atoms with Crippen molar-refractivity contribution in [1.82, 2.24) is 5.06 Å². The van der Waals surface area contributed by atoms with E-state index in [1.165, 1.54) is 5.06 Å². The minimum Gasteiger partial charge on any atom is -0.461 e. The Kier molecular flexibility index (Phi) is 5.39. The maximum absolute atomic E-state index is 11.7. The number of hydrogen-bond acceptors (Lipinski definition) is 4. The fourth-order valence-electron chi connectivity index (χ4n) is 1.39. The number of nitrogens with zero attached hydrogens (tertiary/aromatic N) is 1. The van der Waals surface area contributed by atoms with E-state index in [1.54, 1.807) is 21.0 Å². The highest BCUT2D eigenvalue weighted by atomic mass is 16.7. The summed E-state index contributed by atoms with van der Waals surface area (Å²) in [6.45, 7) is 3.64. The van der Waals surface area contributed by atoms with Gasteiger partial charge in [-0.25, -0.2) is 4.79 Å². The molecule has 0 atom stereocenters. The molecule has 0 amide bonds. The van der Waals surface area contributed by atoms with Gasteiger partial charge in [-0.05, 0) is 19.1 Å². The second kappa shape index (κ2) is 6.81. The zero-order chi connectivity index (χ0) is 13.5. The van der Waals surface area contributed by atoms with Crippen LogP contribution in [0.25, 0.3) is 0 Å². The van der Waals surface area contributed by atoms with Crippen LogP contribution < -0.4 is 4.74 Å². The van der Waals surface area contributed by atoms with E-state index in [4.69, 9.17) is 9.57 Å². The Morgan fingerprint density at radius 1 is 1.22 bits per heavy atom. The van der Waals surface area contributed by atoms with Gasteiger partial charge in [-0.1, -0.05) is 25.1 Å². The first-order valence-electron chi connectivity index (χ1n) is 5.86. The molecule has 18 heavy (non-hydrogen) atoms. The standard InChI is InChI=1S/C14H19NO3/c1-5-13(11(2)14(16)18-15(3)4)17-12-9-7-6-8-10-12/h6-10H,5H2,1-4H3/b13-11+. The number of hydroxylamine groups is 2. The van der Waals surface area contributed by atoms with Crippen molar-refractivity contribution in [2.75, 3.05) is 14.1 Å². The number of carbonyl (C=O) groups excluding carboxylic acids is 1. The number of rotatable bonds is 5. The van der Waals surface area contributed by atoms with Crippen LogP contribution in [0.15, 0.2) is 41.7 Å². The molecule has 1 rings (SSSR count). The van der Waals surface area contributed by atoms with Crippen LogP contribution in [0.5, 0.6) is 5.75 Å². The highest BCUT2D eigenvalue weighted by molar-refractivity contribution is 5.88. The van der Waals surface area contributed by atoms with E-state index in [1.807, 2.05) is 37.3 Å². The van der Waals surface area contributed by atoms with Gasteiger partial charge < -0.3 is 9.57 Å². The van der Waals surface area contributed by atoms with Gasteiger partial charge in [-0.15, -0.1) is 5.06 Å². The highest BCUT2D eigenvalue weighted by Gasteiger charge is 2.14. The summed E-state index contributed by atoms with van der Waals surface area (Å²) in [5, 5.41) is 1.36. The molecule has 4 heteroatoms. The molecule has 1 aromatic carbocycles. The maximum Gasteiger partial charge on any atom is 0.356 e. The van der Waals surface area contributed by atoms with Gasteiger partial charge in [0.25, 0.3) is 0 Å². The molecule has 0 heterocycles. The predicted molar refractivity (Wildman–Crippen MR) is 69.8 cm³/mol. The second-order valence-electron chi connectivity index (χ2n) is 4.01. The summed E-state index contributed by atoms with van der Waals surface area (Å²) >= 11 is 0. The summed E-state index contributed by atoms with van der Waals surface area (Å²) in [7, 11) is 3.32. The zero-order valence-corrected chi connectivity index (χ0v) is 11.3. The molecular formula is C14H19NO3. The third kappa shape index (κ3) is 4.22. The summed E-state index contributed by atoms with van der Waals surface area (Å²) in [5.74, 6) is 0.937. The average Bonchev–Trinajstić information content (AvgIpc) is 2.35. The summed E-state index contributed by atoms with van der Waals surface area (Å²) in [4.78, 5) is 16.7. The Morgan fingerprint density at radius 3 is 2.33 bits per heavy atom. The molecule has 0 saturated heterocycles. The Balaban J connectivity index is 2.84. The Morgan fingerprint density at radius 2 is 1.83 bits per heavy atom. The van der Waals surface area contributed by atoms with Crippen LogP contribution in [0.3, 0.4) is 0 Å². The van der Waals surface area contributed by atoms with Crippen molar-refractivity contribution in [2.24, 2.45) is 0 Å². The van der Waals surface area contributed by atoms with Gasteiger partial charge in [0, 0.05) is 20.5 Å². The number of benzene rings is 1. The van der Waals surface area contributed by atoms with E-state index in [9.17, 15) is 4.79 Å². The van der Waals surface area contributed by atoms with Gasteiger partial charge in [0.05, 0.1) is 5.57 Å². The zero-order valence-electron chi connectivity index (χ0n) is 11.3. The number of ether oxygens (including phenoxy) is 1. The molecule has 0 aliphatic carbocycles. The van der Waals surface area contributed by atoms with Gasteiger partial charge in [0.2, 0.25) is 0 Å². The van der Waals surface area contributed by atoms with Crippen molar-refractivity contribution in [3.8, 4) is 5.75 Å². The van der Waals surface area contributed by atoms with E-state index in [0.717, 1.165) is 0 Å². The van der Waals surface area contributed by atoms with Crippen molar-refractivity contribution in [3.05, 3.63) is 41.7 Å². The van der Waals surface area contributed by atoms with Crippen LogP contribution in [0.1, 0.15) is 20.3 Å². The van der Waals surface area contributed by atoms with Crippen molar-refractivity contribution >= 4 is 5.97 Å². The van der Waals surface area contributed by atoms with Crippen molar-refractivity contribution in [1.29, 1.82) is 0 Å². The average molecular weight is 249 g/mol. The molecule has 0 bridgehead atoms. The molecule has 0 saturated carbocycles. The monoisotopic (exact) mass is 249 g/mol. The lowest BCUT2D eigenvalue weighted by molar-refractivity contribution is -0.173. The Labute approximate surface area is 108 Å². The summed E-state index contributed by atoms with van der Waals surface area (Å²) in [6.07, 6.45) is 0.628. The van der Waals surface area contributed by atoms with E-state index < -0.39 is 5.97 Å². The maximum atomic E-state index is 11.7. The van der Waals surface area contributed by atoms with Gasteiger partial charge in [0.1, 0.15) is 11.5 Å². The number of para-hydroxylation sites is 1. The first-order valence-corrected chi connectivity index (χ1v) is 5.86. The van der Waals surface area contributed by atoms with Gasteiger partial charge in [-0.3, -0.25) is 0 Å². The van der Waals surface area contributed by atoms with Crippen molar-refractivity contribution < 1.29 is 14.4 Å². The molecule has 0 aliphatic rings. The molecule has 0 radical (unpaired) electrons. The first-order chi connectivity index (χ1) is 8.54. The topological polar surface area (TPSA) is 38.8 Å².